The molecule has 1 amide bonds. The summed E-state index contributed by atoms with van der Waals surface area (Å²) in [5, 5.41) is 3.93. The third-order valence-electron chi connectivity index (χ3n) is 3.68. The highest BCUT2D eigenvalue weighted by atomic mass is 35.5. The molecule has 0 radical (unpaired) electrons. The number of hydrogen-bond acceptors (Lipinski definition) is 2. The van der Waals surface area contributed by atoms with E-state index in [0.717, 1.165) is 16.9 Å². The Morgan fingerprint density at radius 3 is 2.50 bits per heavy atom. The summed E-state index contributed by atoms with van der Waals surface area (Å²) in [4.78, 5) is 12.3. The molecule has 1 unspecified atom stereocenters. The molecule has 0 aliphatic carbocycles. The molecule has 128 valence electrons. The molecule has 0 heterocycles. The van der Waals surface area contributed by atoms with Crippen molar-refractivity contribution in [1.82, 2.24) is 5.32 Å². The maximum absolute atomic E-state index is 12.3. The van der Waals surface area contributed by atoms with Crippen molar-refractivity contribution in [3.05, 3.63) is 63.6 Å². The zero-order chi connectivity index (χ0) is 17.7. The monoisotopic (exact) mass is 365 g/mol. The van der Waals surface area contributed by atoms with Crippen LogP contribution in [0.15, 0.2) is 42.5 Å². The molecule has 5 heteroatoms. The number of hydrogen-bond donors (Lipinski definition) is 1. The van der Waals surface area contributed by atoms with Crippen LogP contribution >= 0.6 is 23.2 Å². The van der Waals surface area contributed by atoms with Gasteiger partial charge in [-0.25, -0.2) is 0 Å². The third-order valence-corrected chi connectivity index (χ3v) is 4.27. The van der Waals surface area contributed by atoms with E-state index in [1.807, 2.05) is 24.3 Å². The van der Waals surface area contributed by atoms with Crippen LogP contribution in [0.25, 0.3) is 0 Å². The number of para-hydroxylation sites is 1. The molecule has 1 N–H and O–H groups in total. The fourth-order valence-electron chi connectivity index (χ4n) is 2.30. The van der Waals surface area contributed by atoms with Gasteiger partial charge in [0.2, 0.25) is 0 Å². The molecular formula is C19H21Cl2NO2. The van der Waals surface area contributed by atoms with Crippen molar-refractivity contribution >= 4 is 29.1 Å². The van der Waals surface area contributed by atoms with Crippen molar-refractivity contribution in [2.75, 3.05) is 0 Å². The molecule has 0 saturated heterocycles. The summed E-state index contributed by atoms with van der Waals surface area (Å²) in [5.74, 6) is 0.864. The summed E-state index contributed by atoms with van der Waals surface area (Å²) >= 11 is 12.0. The SMILES string of the molecule is CC(Oc1ccccc1C(C)C)C(=O)NCc1ccc(Cl)cc1Cl. The van der Waals surface area contributed by atoms with Crippen molar-refractivity contribution in [1.29, 1.82) is 0 Å². The minimum Gasteiger partial charge on any atom is -0.481 e. The Bertz CT molecular complexity index is 716. The largest absolute Gasteiger partial charge is 0.481 e. The van der Waals surface area contributed by atoms with Crippen LogP contribution in [0.2, 0.25) is 10.0 Å². The second kappa shape index (κ2) is 8.41. The Labute approximate surface area is 152 Å². The van der Waals surface area contributed by atoms with Crippen LogP contribution < -0.4 is 10.1 Å². The molecule has 2 rings (SSSR count). The van der Waals surface area contributed by atoms with Crippen molar-refractivity contribution in [2.24, 2.45) is 0 Å². The summed E-state index contributed by atoms with van der Waals surface area (Å²) in [6.45, 7) is 6.25. The Morgan fingerprint density at radius 2 is 1.83 bits per heavy atom. The molecule has 2 aromatic rings. The van der Waals surface area contributed by atoms with E-state index in [-0.39, 0.29) is 5.91 Å². The molecule has 0 fully saturated rings. The van der Waals surface area contributed by atoms with Gasteiger partial charge in [-0.3, -0.25) is 4.79 Å². The van der Waals surface area contributed by atoms with Crippen LogP contribution in [0.3, 0.4) is 0 Å². The highest BCUT2D eigenvalue weighted by Crippen LogP contribution is 2.26. The third kappa shape index (κ3) is 4.89. The number of rotatable bonds is 6. The number of halogens is 2. The number of carbonyl (C=O) groups excluding carboxylic acids is 1. The number of amides is 1. The number of ether oxygens (including phenoxy) is 1. The molecule has 0 aliphatic rings. The van der Waals surface area contributed by atoms with Crippen LogP contribution in [0, 0.1) is 0 Å². The first-order valence-corrected chi connectivity index (χ1v) is 8.61. The normalized spacial score (nSPS) is 12.1. The molecule has 0 aromatic heterocycles. The summed E-state index contributed by atoms with van der Waals surface area (Å²) in [6, 6.07) is 13.0. The van der Waals surface area contributed by atoms with E-state index in [9.17, 15) is 4.79 Å². The maximum atomic E-state index is 12.3. The van der Waals surface area contributed by atoms with Crippen LogP contribution in [-0.4, -0.2) is 12.0 Å². The molecule has 0 spiro atoms. The van der Waals surface area contributed by atoms with Gasteiger partial charge in [-0.05, 0) is 42.2 Å². The average molecular weight is 366 g/mol. The lowest BCUT2D eigenvalue weighted by Gasteiger charge is -2.19. The van der Waals surface area contributed by atoms with Gasteiger partial charge in [-0.2, -0.15) is 0 Å². The van der Waals surface area contributed by atoms with E-state index in [0.29, 0.717) is 22.5 Å². The van der Waals surface area contributed by atoms with Crippen molar-refractivity contribution in [2.45, 2.75) is 39.3 Å². The quantitative estimate of drug-likeness (QED) is 0.763. The van der Waals surface area contributed by atoms with Gasteiger partial charge < -0.3 is 10.1 Å². The van der Waals surface area contributed by atoms with Gasteiger partial charge >= 0.3 is 0 Å². The first kappa shape index (κ1) is 18.6. The second-order valence-corrected chi connectivity index (χ2v) is 6.75. The van der Waals surface area contributed by atoms with Crippen LogP contribution in [0.4, 0.5) is 0 Å². The van der Waals surface area contributed by atoms with E-state index in [4.69, 9.17) is 27.9 Å². The summed E-state index contributed by atoms with van der Waals surface area (Å²) in [5.41, 5.74) is 1.89. The lowest BCUT2D eigenvalue weighted by atomic mass is 10.0. The van der Waals surface area contributed by atoms with Crippen molar-refractivity contribution < 1.29 is 9.53 Å². The predicted molar refractivity (Wildman–Crippen MR) is 98.9 cm³/mol. The number of nitrogens with one attached hydrogen (secondary N) is 1. The molecule has 24 heavy (non-hydrogen) atoms. The van der Waals surface area contributed by atoms with Gasteiger partial charge in [-0.1, -0.05) is 61.3 Å². The van der Waals surface area contributed by atoms with E-state index in [1.165, 1.54) is 0 Å². The molecule has 2 aromatic carbocycles. The first-order chi connectivity index (χ1) is 11.4. The fourth-order valence-corrected chi connectivity index (χ4v) is 2.78. The minimum absolute atomic E-state index is 0.195. The zero-order valence-corrected chi connectivity index (χ0v) is 15.5. The zero-order valence-electron chi connectivity index (χ0n) is 14.0. The number of carbonyl (C=O) groups is 1. The topological polar surface area (TPSA) is 38.3 Å². The summed E-state index contributed by atoms with van der Waals surface area (Å²) < 4.78 is 5.84. The van der Waals surface area contributed by atoms with E-state index in [2.05, 4.69) is 19.2 Å². The van der Waals surface area contributed by atoms with Crippen LogP contribution in [0.1, 0.15) is 37.8 Å². The minimum atomic E-state index is -0.601. The fraction of sp³-hybridized carbons (Fsp3) is 0.316. The lowest BCUT2D eigenvalue weighted by Crippen LogP contribution is -2.36. The van der Waals surface area contributed by atoms with Crippen LogP contribution in [0.5, 0.6) is 5.75 Å². The summed E-state index contributed by atoms with van der Waals surface area (Å²) in [7, 11) is 0. The average Bonchev–Trinajstić information content (AvgIpc) is 2.54. The van der Waals surface area contributed by atoms with Gasteiger partial charge in [0, 0.05) is 16.6 Å². The van der Waals surface area contributed by atoms with Gasteiger partial charge in [0.1, 0.15) is 5.75 Å². The Hall–Kier alpha value is -1.71. The Balaban J connectivity index is 1.98. The maximum Gasteiger partial charge on any atom is 0.261 e. The molecule has 1 atom stereocenters. The Morgan fingerprint density at radius 1 is 1.12 bits per heavy atom. The number of benzene rings is 2. The van der Waals surface area contributed by atoms with Gasteiger partial charge in [0.05, 0.1) is 0 Å². The van der Waals surface area contributed by atoms with Crippen molar-refractivity contribution in [3.8, 4) is 5.75 Å². The smallest absolute Gasteiger partial charge is 0.261 e. The van der Waals surface area contributed by atoms with Crippen molar-refractivity contribution in [3.63, 3.8) is 0 Å². The molecule has 3 nitrogen and oxygen atoms in total. The van der Waals surface area contributed by atoms with E-state index < -0.39 is 6.10 Å². The van der Waals surface area contributed by atoms with Gasteiger partial charge in [0.15, 0.2) is 6.10 Å². The predicted octanol–water partition coefficient (Wildman–Crippen LogP) is 5.20. The van der Waals surface area contributed by atoms with E-state index >= 15 is 0 Å². The van der Waals surface area contributed by atoms with Gasteiger partial charge in [0.25, 0.3) is 5.91 Å². The lowest BCUT2D eigenvalue weighted by molar-refractivity contribution is -0.127. The highest BCUT2D eigenvalue weighted by Gasteiger charge is 2.17. The molecule has 0 saturated carbocycles. The second-order valence-electron chi connectivity index (χ2n) is 5.91. The van der Waals surface area contributed by atoms with E-state index in [1.54, 1.807) is 25.1 Å². The van der Waals surface area contributed by atoms with Gasteiger partial charge in [-0.15, -0.1) is 0 Å². The Kier molecular flexibility index (Phi) is 6.52. The summed E-state index contributed by atoms with van der Waals surface area (Å²) in [6.07, 6.45) is -0.601. The highest BCUT2D eigenvalue weighted by molar-refractivity contribution is 6.35. The molecule has 0 bridgehead atoms. The van der Waals surface area contributed by atoms with Crippen LogP contribution in [-0.2, 0) is 11.3 Å². The first-order valence-electron chi connectivity index (χ1n) is 7.85. The molecular weight excluding hydrogens is 345 g/mol. The molecule has 0 aliphatic heterocycles. The standard InChI is InChI=1S/C19H21Cl2NO2/c1-12(2)16-6-4-5-7-18(16)24-13(3)19(23)22-11-14-8-9-15(20)10-17(14)21/h4-10,12-13H,11H2,1-3H3,(H,22,23).